The van der Waals surface area contributed by atoms with Crippen molar-refractivity contribution in [3.63, 3.8) is 0 Å². The van der Waals surface area contributed by atoms with Crippen LogP contribution in [0.1, 0.15) is 6.92 Å². The van der Waals surface area contributed by atoms with E-state index in [-0.39, 0.29) is 6.61 Å². The van der Waals surface area contributed by atoms with E-state index in [1.165, 1.54) is 16.5 Å². The lowest BCUT2D eigenvalue weighted by Crippen LogP contribution is -2.41. The highest BCUT2D eigenvalue weighted by Crippen LogP contribution is 1.82. The third-order valence-corrected chi connectivity index (χ3v) is 1.63. The second-order valence-electron chi connectivity index (χ2n) is 2.09. The molecule has 0 aliphatic rings. The van der Waals surface area contributed by atoms with Crippen molar-refractivity contribution in [1.82, 2.24) is 9.61 Å². The van der Waals surface area contributed by atoms with Crippen molar-refractivity contribution in [1.29, 1.82) is 0 Å². The Balaban J connectivity index is 3.97. The molecule has 1 amide bonds. The Morgan fingerprint density at radius 3 is 2.47 bits per heavy atom. The van der Waals surface area contributed by atoms with Crippen LogP contribution in [0.3, 0.4) is 0 Å². The average Bonchev–Trinajstić information content (AvgIpc) is 2.01. The summed E-state index contributed by atoms with van der Waals surface area (Å²) in [5.41, 5.74) is 0. The topological polar surface area (TPSA) is 131 Å². The third kappa shape index (κ3) is 7.66. The van der Waals surface area contributed by atoms with E-state index in [9.17, 15) is 18.0 Å². The Hall–Kier alpha value is -1.39. The van der Waals surface area contributed by atoms with Crippen molar-refractivity contribution >= 4 is 22.3 Å². The Bertz CT molecular complexity index is 324. The molecular formula is C5H10N2O7S. The van der Waals surface area contributed by atoms with E-state index < -0.39 is 28.9 Å². The minimum Gasteiger partial charge on any atom is -0.479 e. The molecule has 0 aliphatic heterocycles. The first kappa shape index (κ1) is 13.6. The summed E-state index contributed by atoms with van der Waals surface area (Å²) in [6.07, 6.45) is -1.19. The maximum atomic E-state index is 10.9. The first-order valence-corrected chi connectivity index (χ1v) is 5.15. The van der Waals surface area contributed by atoms with E-state index in [1.807, 2.05) is 0 Å². The van der Waals surface area contributed by atoms with Gasteiger partial charge in [-0.05, 0) is 6.92 Å². The van der Waals surface area contributed by atoms with E-state index in [2.05, 4.69) is 9.57 Å². The van der Waals surface area contributed by atoms with Crippen LogP contribution in [0.2, 0.25) is 0 Å². The van der Waals surface area contributed by atoms with Gasteiger partial charge in [0.15, 0.2) is 6.61 Å². The van der Waals surface area contributed by atoms with Crippen molar-refractivity contribution < 1.29 is 32.7 Å². The van der Waals surface area contributed by atoms with Crippen LogP contribution >= 0.6 is 0 Å². The van der Waals surface area contributed by atoms with Crippen LogP contribution in [-0.4, -0.2) is 38.8 Å². The second kappa shape index (κ2) is 6.16. The number of carbonyl (C=O) groups excluding carboxylic acids is 1. The van der Waals surface area contributed by atoms with Crippen LogP contribution in [0.5, 0.6) is 0 Å². The lowest BCUT2D eigenvalue weighted by Gasteiger charge is -2.06. The fourth-order valence-electron chi connectivity index (χ4n) is 0.460. The van der Waals surface area contributed by atoms with Crippen LogP contribution in [0.25, 0.3) is 0 Å². The number of rotatable bonds is 6. The van der Waals surface area contributed by atoms with Gasteiger partial charge in [0.05, 0.1) is 6.61 Å². The van der Waals surface area contributed by atoms with E-state index in [0.29, 0.717) is 0 Å². The molecule has 0 rings (SSSR count). The molecule has 9 nitrogen and oxygen atoms in total. The lowest BCUT2D eigenvalue weighted by molar-refractivity contribution is -0.143. The maximum absolute atomic E-state index is 10.9. The molecule has 0 aliphatic carbocycles. The molecule has 0 aromatic rings. The highest BCUT2D eigenvalue weighted by atomic mass is 32.2. The van der Waals surface area contributed by atoms with Gasteiger partial charge in [0.2, 0.25) is 0 Å². The van der Waals surface area contributed by atoms with Crippen LogP contribution in [-0.2, 0) is 24.6 Å². The average molecular weight is 242 g/mol. The van der Waals surface area contributed by atoms with Crippen LogP contribution in [0.15, 0.2) is 0 Å². The molecule has 10 heteroatoms. The quantitative estimate of drug-likeness (QED) is 0.487. The molecular weight excluding hydrogens is 232 g/mol. The van der Waals surface area contributed by atoms with Gasteiger partial charge in [0.25, 0.3) is 0 Å². The van der Waals surface area contributed by atoms with Crippen molar-refractivity contribution in [2.45, 2.75) is 6.92 Å². The highest BCUT2D eigenvalue weighted by molar-refractivity contribution is 7.87. The standard InChI is InChI=1S/C5H10N2O7S/c1-2-13-5(10)6-15(11,12)7-14-3-4(8)9/h7H,2-3H2,1H3,(H,6,10)(H,8,9). The van der Waals surface area contributed by atoms with Crippen molar-refractivity contribution in [2.24, 2.45) is 0 Å². The first-order valence-electron chi connectivity index (χ1n) is 3.67. The van der Waals surface area contributed by atoms with Gasteiger partial charge in [-0.15, -0.1) is 0 Å². The van der Waals surface area contributed by atoms with Gasteiger partial charge in [-0.1, -0.05) is 4.89 Å². The number of hydrogen-bond acceptors (Lipinski definition) is 6. The molecule has 0 bridgehead atoms. The minimum absolute atomic E-state index is 0.00264. The Labute approximate surface area is 85.5 Å². The minimum atomic E-state index is -4.26. The van der Waals surface area contributed by atoms with Crippen molar-refractivity contribution in [3.8, 4) is 0 Å². The fourth-order valence-corrected chi connectivity index (χ4v) is 0.994. The van der Waals surface area contributed by atoms with E-state index in [1.54, 1.807) is 0 Å². The molecule has 0 aromatic heterocycles. The monoisotopic (exact) mass is 242 g/mol. The van der Waals surface area contributed by atoms with Gasteiger partial charge in [-0.2, -0.15) is 8.42 Å². The van der Waals surface area contributed by atoms with Gasteiger partial charge < -0.3 is 9.84 Å². The molecule has 15 heavy (non-hydrogen) atoms. The molecule has 88 valence electrons. The summed E-state index contributed by atoms with van der Waals surface area (Å²) in [7, 11) is -4.26. The molecule has 0 radical (unpaired) electrons. The van der Waals surface area contributed by atoms with Gasteiger partial charge >= 0.3 is 22.3 Å². The molecule has 3 N–H and O–H groups in total. The molecule has 0 atom stereocenters. The van der Waals surface area contributed by atoms with E-state index in [0.717, 1.165) is 0 Å². The number of carbonyl (C=O) groups is 2. The first-order chi connectivity index (χ1) is 6.87. The predicted molar refractivity (Wildman–Crippen MR) is 45.8 cm³/mol. The normalized spacial score (nSPS) is 10.7. The molecule has 0 spiro atoms. The van der Waals surface area contributed by atoms with E-state index >= 15 is 0 Å². The Morgan fingerprint density at radius 1 is 1.40 bits per heavy atom. The number of ether oxygens (including phenoxy) is 1. The number of carboxylic acids is 1. The Kier molecular flexibility index (Phi) is 5.59. The summed E-state index contributed by atoms with van der Waals surface area (Å²) >= 11 is 0. The van der Waals surface area contributed by atoms with Crippen molar-refractivity contribution in [3.05, 3.63) is 0 Å². The summed E-state index contributed by atoms with van der Waals surface area (Å²) in [6, 6.07) is 0. The summed E-state index contributed by atoms with van der Waals surface area (Å²) < 4.78 is 27.4. The van der Waals surface area contributed by atoms with Crippen LogP contribution in [0.4, 0.5) is 4.79 Å². The maximum Gasteiger partial charge on any atom is 0.421 e. The molecule has 0 fully saturated rings. The van der Waals surface area contributed by atoms with Gasteiger partial charge in [0, 0.05) is 0 Å². The predicted octanol–water partition coefficient (Wildman–Crippen LogP) is -1.42. The zero-order valence-electron chi connectivity index (χ0n) is 7.72. The smallest absolute Gasteiger partial charge is 0.421 e. The SMILES string of the molecule is CCOC(=O)NS(=O)(=O)NOCC(=O)O. The summed E-state index contributed by atoms with van der Waals surface area (Å²) in [5.74, 6) is -1.37. The van der Waals surface area contributed by atoms with Gasteiger partial charge in [-0.25, -0.2) is 14.3 Å². The number of hydrogen-bond donors (Lipinski definition) is 3. The molecule has 0 unspecified atom stereocenters. The number of nitrogens with one attached hydrogen (secondary N) is 2. The van der Waals surface area contributed by atoms with Crippen LogP contribution < -0.4 is 9.61 Å². The fraction of sp³-hybridized carbons (Fsp3) is 0.600. The van der Waals surface area contributed by atoms with Crippen LogP contribution in [0, 0.1) is 0 Å². The molecule has 0 saturated heterocycles. The van der Waals surface area contributed by atoms with Crippen molar-refractivity contribution in [2.75, 3.05) is 13.2 Å². The zero-order valence-corrected chi connectivity index (χ0v) is 8.54. The molecule has 0 aromatic carbocycles. The summed E-state index contributed by atoms with van der Waals surface area (Å²) in [4.78, 5) is 26.0. The number of aliphatic carboxylic acids is 1. The Morgan fingerprint density at radius 2 is 2.00 bits per heavy atom. The van der Waals surface area contributed by atoms with E-state index in [4.69, 9.17) is 5.11 Å². The lowest BCUT2D eigenvalue weighted by atomic mass is 10.8. The molecule has 0 heterocycles. The third-order valence-electron chi connectivity index (χ3n) is 0.857. The zero-order chi connectivity index (χ0) is 11.9. The molecule has 0 saturated carbocycles. The van der Waals surface area contributed by atoms with Gasteiger partial charge in [0.1, 0.15) is 0 Å². The highest BCUT2D eigenvalue weighted by Gasteiger charge is 2.15. The number of carboxylic acid groups (broad SMARTS) is 1. The summed E-state index contributed by atoms with van der Waals surface area (Å²) in [6.45, 7) is 0.613. The number of amides is 1. The summed E-state index contributed by atoms with van der Waals surface area (Å²) in [5, 5.41) is 8.10. The second-order valence-corrected chi connectivity index (χ2v) is 3.47. The van der Waals surface area contributed by atoms with Gasteiger partial charge in [-0.3, -0.25) is 4.84 Å². The largest absolute Gasteiger partial charge is 0.479 e.